The molecule has 7 atom stereocenters. The molecule has 0 aliphatic carbocycles. The summed E-state index contributed by atoms with van der Waals surface area (Å²) in [6.07, 6.45) is 0.803. The maximum atomic E-state index is 14.3. The third-order valence-corrected chi connectivity index (χ3v) is 10.4. The van der Waals surface area contributed by atoms with Crippen LogP contribution in [0.5, 0.6) is 0 Å². The fourth-order valence-corrected chi connectivity index (χ4v) is 7.29. The van der Waals surface area contributed by atoms with Crippen LogP contribution in [-0.2, 0) is 51.2 Å². The van der Waals surface area contributed by atoms with Gasteiger partial charge in [0.15, 0.2) is 0 Å². The maximum Gasteiger partial charge on any atom is 0.326 e. The zero-order chi connectivity index (χ0) is 42.5. The predicted molar refractivity (Wildman–Crippen MR) is 210 cm³/mol. The Morgan fingerprint density at radius 3 is 1.60 bits per heavy atom. The van der Waals surface area contributed by atoms with Crippen LogP contribution in [0.3, 0.4) is 0 Å². The monoisotopic (exact) mass is 805 g/mol. The zero-order valence-corrected chi connectivity index (χ0v) is 33.1. The fraction of sp³-hybridized carbons (Fsp3) is 0.512. The average molecular weight is 806 g/mol. The van der Waals surface area contributed by atoms with Gasteiger partial charge in [-0.2, -0.15) is 0 Å². The van der Waals surface area contributed by atoms with E-state index in [1.165, 1.54) is 16.7 Å². The summed E-state index contributed by atoms with van der Waals surface area (Å²) in [5, 5.41) is 29.8. The predicted octanol–water partition coefficient (Wildman–Crippen LogP) is 0.346. The molecule has 2 aromatic carbocycles. The first kappa shape index (κ1) is 44.9. The number of hydrogen-bond acceptors (Lipinski definition) is 9. The Morgan fingerprint density at radius 1 is 0.655 bits per heavy atom. The van der Waals surface area contributed by atoms with Gasteiger partial charge in [0.1, 0.15) is 36.3 Å². The molecule has 17 heteroatoms. The number of likely N-dealkylation sites (tertiary alicyclic amines) is 2. The SMILES string of the molecule is CC(C)[C@H](NC(=O)[C@H](CCC(=O)O)NC(=O)[C@@H]1CCCN1C(=O)[C@H](Cc1ccccc1)NC(=O)[C@@H]1CCCN1C(=O)[C@H](C)N)C(=O)N[C@@H](Cc1ccccc1)C(=O)O. The summed E-state index contributed by atoms with van der Waals surface area (Å²) in [4.78, 5) is 108. The molecule has 0 aromatic heterocycles. The van der Waals surface area contributed by atoms with Crippen LogP contribution in [0.2, 0.25) is 0 Å². The number of carboxylic acid groups (broad SMARTS) is 2. The quantitative estimate of drug-likeness (QED) is 0.102. The van der Waals surface area contributed by atoms with Gasteiger partial charge in [-0.15, -0.1) is 0 Å². The van der Waals surface area contributed by atoms with Crippen LogP contribution in [0.25, 0.3) is 0 Å². The highest BCUT2D eigenvalue weighted by Gasteiger charge is 2.42. The number of amides is 6. The lowest BCUT2D eigenvalue weighted by Crippen LogP contribution is -2.60. The number of carbonyl (C=O) groups excluding carboxylic acids is 6. The second-order valence-corrected chi connectivity index (χ2v) is 15.2. The first-order chi connectivity index (χ1) is 27.6. The molecular formula is C41H55N7O10. The fourth-order valence-electron chi connectivity index (χ4n) is 7.29. The lowest BCUT2D eigenvalue weighted by Gasteiger charge is -2.32. The third-order valence-electron chi connectivity index (χ3n) is 10.4. The lowest BCUT2D eigenvalue weighted by molar-refractivity contribution is -0.144. The highest BCUT2D eigenvalue weighted by molar-refractivity contribution is 5.97. The second kappa shape index (κ2) is 21.1. The molecule has 6 amide bonds. The van der Waals surface area contributed by atoms with Crippen LogP contribution in [0.15, 0.2) is 60.7 Å². The summed E-state index contributed by atoms with van der Waals surface area (Å²) < 4.78 is 0. The number of nitrogens with two attached hydrogens (primary N) is 1. The van der Waals surface area contributed by atoms with Gasteiger partial charge in [0.25, 0.3) is 0 Å². The van der Waals surface area contributed by atoms with Gasteiger partial charge in [0, 0.05) is 32.4 Å². The van der Waals surface area contributed by atoms with Gasteiger partial charge in [0.05, 0.1) is 6.04 Å². The number of carbonyl (C=O) groups is 8. The normalized spacial score (nSPS) is 19.0. The molecule has 2 aromatic rings. The molecular weight excluding hydrogens is 750 g/mol. The second-order valence-electron chi connectivity index (χ2n) is 15.2. The van der Waals surface area contributed by atoms with Crippen molar-refractivity contribution in [1.29, 1.82) is 0 Å². The van der Waals surface area contributed by atoms with Crippen molar-refractivity contribution in [2.45, 2.75) is 114 Å². The number of benzene rings is 2. The van der Waals surface area contributed by atoms with Crippen molar-refractivity contribution in [1.82, 2.24) is 31.1 Å². The van der Waals surface area contributed by atoms with E-state index in [2.05, 4.69) is 21.3 Å². The van der Waals surface area contributed by atoms with Crippen LogP contribution in [0, 0.1) is 5.92 Å². The van der Waals surface area contributed by atoms with Crippen molar-refractivity contribution in [3.8, 4) is 0 Å². The zero-order valence-electron chi connectivity index (χ0n) is 33.1. The molecule has 0 unspecified atom stereocenters. The third kappa shape index (κ3) is 12.3. The molecule has 2 saturated heterocycles. The van der Waals surface area contributed by atoms with E-state index in [4.69, 9.17) is 5.73 Å². The Labute approximate surface area is 337 Å². The van der Waals surface area contributed by atoms with E-state index in [0.29, 0.717) is 31.4 Å². The van der Waals surface area contributed by atoms with Crippen molar-refractivity contribution in [2.24, 2.45) is 11.7 Å². The van der Waals surface area contributed by atoms with E-state index in [0.717, 1.165) is 5.56 Å². The summed E-state index contributed by atoms with van der Waals surface area (Å²) in [6.45, 7) is 5.31. The van der Waals surface area contributed by atoms with E-state index in [-0.39, 0.29) is 38.1 Å². The highest BCUT2D eigenvalue weighted by atomic mass is 16.4. The Kier molecular flexibility index (Phi) is 16.3. The largest absolute Gasteiger partial charge is 0.481 e. The molecule has 0 radical (unpaired) electrons. The Morgan fingerprint density at radius 2 is 1.14 bits per heavy atom. The number of aliphatic carboxylic acids is 2. The van der Waals surface area contributed by atoms with Gasteiger partial charge >= 0.3 is 11.9 Å². The first-order valence-electron chi connectivity index (χ1n) is 19.7. The van der Waals surface area contributed by atoms with Gasteiger partial charge in [-0.1, -0.05) is 74.5 Å². The van der Waals surface area contributed by atoms with E-state index in [1.54, 1.807) is 74.5 Å². The van der Waals surface area contributed by atoms with Crippen LogP contribution >= 0.6 is 0 Å². The Hall–Kier alpha value is -5.84. The number of nitrogens with zero attached hydrogens (tertiary/aromatic N) is 2. The molecule has 2 aliphatic rings. The Bertz CT molecular complexity index is 1790. The topological polar surface area (TPSA) is 258 Å². The minimum absolute atomic E-state index is 0.0171. The van der Waals surface area contributed by atoms with Crippen LogP contribution in [0.1, 0.15) is 70.4 Å². The van der Waals surface area contributed by atoms with Gasteiger partial charge < -0.3 is 47.0 Å². The van der Waals surface area contributed by atoms with Crippen LogP contribution < -0.4 is 27.0 Å². The molecule has 0 spiro atoms. The smallest absolute Gasteiger partial charge is 0.326 e. The minimum atomic E-state index is -1.44. The van der Waals surface area contributed by atoms with E-state index in [1.807, 2.05) is 0 Å². The molecule has 0 saturated carbocycles. The molecule has 314 valence electrons. The summed E-state index contributed by atoms with van der Waals surface area (Å²) >= 11 is 0. The molecule has 2 heterocycles. The standard InChI is InChI=1S/C41H55N7O10/c1-24(2)34(38(54)45-30(41(57)58)23-27-14-8-5-9-15-27)46-35(51)28(18-19-33(49)50)43-36(52)32-17-11-21-48(32)40(56)29(22-26-12-6-4-7-13-26)44-37(53)31-16-10-20-47(31)39(55)25(3)42/h4-9,12-15,24-25,28-32,34H,10-11,16-23,42H2,1-3H3,(H,43,52)(H,44,53)(H,45,54)(H,46,51)(H,49,50)(H,57,58)/t25-,28-,29-,30-,31-,32-,34-/m0/s1. The number of nitrogens with one attached hydrogen (secondary N) is 4. The highest BCUT2D eigenvalue weighted by Crippen LogP contribution is 2.22. The molecule has 2 fully saturated rings. The summed E-state index contributed by atoms with van der Waals surface area (Å²) in [5.41, 5.74) is 7.23. The summed E-state index contributed by atoms with van der Waals surface area (Å²) in [5.74, 6) is -6.90. The van der Waals surface area contributed by atoms with Crippen molar-refractivity contribution >= 4 is 47.4 Å². The number of hydrogen-bond donors (Lipinski definition) is 7. The van der Waals surface area contributed by atoms with Crippen molar-refractivity contribution in [3.63, 3.8) is 0 Å². The Balaban J connectivity index is 1.50. The molecule has 2 aliphatic heterocycles. The van der Waals surface area contributed by atoms with Crippen molar-refractivity contribution < 1.29 is 48.6 Å². The van der Waals surface area contributed by atoms with Crippen molar-refractivity contribution in [2.75, 3.05) is 13.1 Å². The van der Waals surface area contributed by atoms with Crippen LogP contribution in [-0.4, -0.2) is 123 Å². The first-order valence-corrected chi connectivity index (χ1v) is 19.7. The maximum absolute atomic E-state index is 14.3. The average Bonchev–Trinajstić information content (AvgIpc) is 3.89. The minimum Gasteiger partial charge on any atom is -0.481 e. The van der Waals surface area contributed by atoms with E-state index in [9.17, 15) is 48.6 Å². The van der Waals surface area contributed by atoms with Crippen LogP contribution in [0.4, 0.5) is 0 Å². The molecule has 17 nitrogen and oxygen atoms in total. The van der Waals surface area contributed by atoms with Gasteiger partial charge in [-0.3, -0.25) is 33.6 Å². The lowest BCUT2D eigenvalue weighted by atomic mass is 10.00. The van der Waals surface area contributed by atoms with E-state index < -0.39 is 96.1 Å². The molecule has 58 heavy (non-hydrogen) atoms. The summed E-state index contributed by atoms with van der Waals surface area (Å²) in [7, 11) is 0. The molecule has 8 N–H and O–H groups in total. The van der Waals surface area contributed by atoms with Crippen molar-refractivity contribution in [3.05, 3.63) is 71.8 Å². The number of carboxylic acids is 2. The molecule has 4 rings (SSSR count). The van der Waals surface area contributed by atoms with E-state index >= 15 is 0 Å². The van der Waals surface area contributed by atoms with Gasteiger partial charge in [-0.05, 0) is 56.1 Å². The van der Waals surface area contributed by atoms with Gasteiger partial charge in [0.2, 0.25) is 35.4 Å². The number of rotatable bonds is 19. The van der Waals surface area contributed by atoms with Gasteiger partial charge in [-0.25, -0.2) is 4.79 Å². The summed E-state index contributed by atoms with van der Waals surface area (Å²) in [6, 6.07) is 9.80. The molecule has 0 bridgehead atoms.